The molecule has 0 spiro atoms. The lowest BCUT2D eigenvalue weighted by atomic mass is 10.2. The first kappa shape index (κ1) is 17.7. The van der Waals surface area contributed by atoms with Crippen molar-refractivity contribution in [2.75, 3.05) is 12.4 Å². The first-order valence-corrected chi connectivity index (χ1v) is 7.46. The second-order valence-electron chi connectivity index (χ2n) is 4.62. The molecule has 0 unspecified atom stereocenters. The summed E-state index contributed by atoms with van der Waals surface area (Å²) in [4.78, 5) is 23.1. The second kappa shape index (κ2) is 7.76. The van der Waals surface area contributed by atoms with E-state index in [0.717, 1.165) is 0 Å². The van der Waals surface area contributed by atoms with Crippen molar-refractivity contribution in [3.05, 3.63) is 58.6 Å². The molecule has 8 heteroatoms. The van der Waals surface area contributed by atoms with Gasteiger partial charge in [-0.05, 0) is 48.1 Å². The molecule has 0 fully saturated rings. The van der Waals surface area contributed by atoms with Crippen LogP contribution in [0.1, 0.15) is 20.7 Å². The number of thiocarbonyl (C=S) groups is 1. The fraction of sp³-hybridized carbons (Fsp3) is 0.0625. The Balaban J connectivity index is 2.10. The number of carbonyl (C=O) groups excluding carboxylic acids is 2. The van der Waals surface area contributed by atoms with E-state index in [-0.39, 0.29) is 16.2 Å². The van der Waals surface area contributed by atoms with E-state index in [2.05, 4.69) is 10.6 Å². The van der Waals surface area contributed by atoms with Crippen LogP contribution in [0.15, 0.2) is 42.5 Å². The van der Waals surface area contributed by atoms with Gasteiger partial charge in [0.25, 0.3) is 5.91 Å². The number of halogens is 1. The van der Waals surface area contributed by atoms with Gasteiger partial charge in [0.1, 0.15) is 5.75 Å². The van der Waals surface area contributed by atoms with Gasteiger partial charge < -0.3 is 20.0 Å². The molecule has 124 valence electrons. The molecule has 2 rings (SSSR count). The summed E-state index contributed by atoms with van der Waals surface area (Å²) >= 11 is 10.9. The van der Waals surface area contributed by atoms with Crippen molar-refractivity contribution < 1.29 is 19.4 Å². The standard InChI is InChI=1S/C16H13ClN2O4S/c1-23-13-6-5-10(17)8-12(13)14(20)19-16(24)18-11-4-2-3-9(7-11)15(21)22/h2-8H,1H3,(H,21,22)(H2,18,19,20,24)/p-1. The van der Waals surface area contributed by atoms with Crippen LogP contribution < -0.4 is 20.5 Å². The third-order valence-electron chi connectivity index (χ3n) is 2.99. The van der Waals surface area contributed by atoms with Crippen molar-refractivity contribution in [3.8, 4) is 5.75 Å². The number of amides is 1. The Bertz CT molecular complexity index is 810. The Morgan fingerprint density at radius 3 is 2.62 bits per heavy atom. The monoisotopic (exact) mass is 363 g/mol. The summed E-state index contributed by atoms with van der Waals surface area (Å²) in [5.41, 5.74) is 0.614. The molecule has 0 aliphatic carbocycles. The predicted molar refractivity (Wildman–Crippen MR) is 92.5 cm³/mol. The number of hydrogen-bond acceptors (Lipinski definition) is 5. The average Bonchev–Trinajstić information content (AvgIpc) is 2.54. The summed E-state index contributed by atoms with van der Waals surface area (Å²) in [7, 11) is 1.43. The smallest absolute Gasteiger partial charge is 0.261 e. The van der Waals surface area contributed by atoms with Crippen LogP contribution in [-0.4, -0.2) is 24.1 Å². The third kappa shape index (κ3) is 4.43. The van der Waals surface area contributed by atoms with E-state index in [1.807, 2.05) is 0 Å². The molecule has 6 nitrogen and oxygen atoms in total. The highest BCUT2D eigenvalue weighted by Crippen LogP contribution is 2.22. The van der Waals surface area contributed by atoms with Crippen LogP contribution >= 0.6 is 23.8 Å². The van der Waals surface area contributed by atoms with Gasteiger partial charge in [0.15, 0.2) is 5.11 Å². The molecular weight excluding hydrogens is 352 g/mol. The number of anilines is 1. The molecule has 0 aliphatic rings. The minimum Gasteiger partial charge on any atom is -0.545 e. The fourth-order valence-electron chi connectivity index (χ4n) is 1.91. The van der Waals surface area contributed by atoms with Crippen molar-refractivity contribution in [3.63, 3.8) is 0 Å². The number of benzene rings is 2. The highest BCUT2D eigenvalue weighted by atomic mass is 35.5. The zero-order chi connectivity index (χ0) is 17.7. The number of carboxylic acids is 1. The molecule has 2 aromatic rings. The van der Waals surface area contributed by atoms with Crippen LogP contribution in [0.25, 0.3) is 0 Å². The van der Waals surface area contributed by atoms with Gasteiger partial charge in [-0.25, -0.2) is 0 Å². The van der Waals surface area contributed by atoms with Gasteiger partial charge in [-0.15, -0.1) is 0 Å². The summed E-state index contributed by atoms with van der Waals surface area (Å²) in [6, 6.07) is 10.5. The summed E-state index contributed by atoms with van der Waals surface area (Å²) < 4.78 is 5.11. The van der Waals surface area contributed by atoms with Gasteiger partial charge in [0.2, 0.25) is 0 Å². The summed E-state index contributed by atoms with van der Waals surface area (Å²) in [6.45, 7) is 0. The number of carbonyl (C=O) groups is 2. The van der Waals surface area contributed by atoms with Crippen LogP contribution in [0.3, 0.4) is 0 Å². The number of rotatable bonds is 4. The molecule has 2 N–H and O–H groups in total. The van der Waals surface area contributed by atoms with Crippen LogP contribution in [-0.2, 0) is 0 Å². The molecule has 2 aromatic carbocycles. The SMILES string of the molecule is COc1ccc(Cl)cc1C(=O)NC(=S)Nc1cccc(C(=O)[O-])c1. The van der Waals surface area contributed by atoms with Crippen LogP contribution in [0.4, 0.5) is 5.69 Å². The number of ether oxygens (including phenoxy) is 1. The molecule has 0 bridgehead atoms. The van der Waals surface area contributed by atoms with Gasteiger partial charge in [0, 0.05) is 10.7 Å². The maximum atomic E-state index is 12.3. The Kier molecular flexibility index (Phi) is 5.73. The van der Waals surface area contributed by atoms with E-state index in [0.29, 0.717) is 16.5 Å². The largest absolute Gasteiger partial charge is 0.545 e. The van der Waals surface area contributed by atoms with Gasteiger partial charge in [0.05, 0.1) is 18.6 Å². The molecule has 0 saturated heterocycles. The Labute approximate surface area is 148 Å². The number of hydrogen-bond donors (Lipinski definition) is 2. The molecule has 0 heterocycles. The first-order valence-electron chi connectivity index (χ1n) is 6.68. The lowest BCUT2D eigenvalue weighted by molar-refractivity contribution is -0.255. The van der Waals surface area contributed by atoms with Gasteiger partial charge >= 0.3 is 0 Å². The van der Waals surface area contributed by atoms with Crippen molar-refractivity contribution >= 4 is 46.5 Å². The minimum absolute atomic E-state index is 0.00229. The van der Waals surface area contributed by atoms with Crippen molar-refractivity contribution in [1.29, 1.82) is 0 Å². The number of aromatic carboxylic acids is 1. The van der Waals surface area contributed by atoms with Crippen molar-refractivity contribution in [2.24, 2.45) is 0 Å². The fourth-order valence-corrected chi connectivity index (χ4v) is 2.30. The lowest BCUT2D eigenvalue weighted by Gasteiger charge is -2.12. The van der Waals surface area contributed by atoms with Gasteiger partial charge in [-0.2, -0.15) is 0 Å². The van der Waals surface area contributed by atoms with E-state index in [1.54, 1.807) is 18.2 Å². The van der Waals surface area contributed by atoms with Crippen LogP contribution in [0, 0.1) is 0 Å². The highest BCUT2D eigenvalue weighted by Gasteiger charge is 2.14. The number of methoxy groups -OCH3 is 1. The topological polar surface area (TPSA) is 90.5 Å². The molecule has 0 saturated carbocycles. The maximum absolute atomic E-state index is 12.3. The Morgan fingerprint density at radius 2 is 1.96 bits per heavy atom. The molecule has 0 aromatic heterocycles. The molecule has 0 radical (unpaired) electrons. The zero-order valence-electron chi connectivity index (χ0n) is 12.5. The van der Waals surface area contributed by atoms with E-state index in [1.165, 1.54) is 31.4 Å². The lowest BCUT2D eigenvalue weighted by Crippen LogP contribution is -2.34. The van der Waals surface area contributed by atoms with E-state index in [9.17, 15) is 14.7 Å². The van der Waals surface area contributed by atoms with Crippen LogP contribution in [0.2, 0.25) is 5.02 Å². The summed E-state index contributed by atoms with van der Waals surface area (Å²) in [5, 5.41) is 16.4. The average molecular weight is 364 g/mol. The van der Waals surface area contributed by atoms with Crippen LogP contribution in [0.5, 0.6) is 5.75 Å². The normalized spacial score (nSPS) is 9.92. The quantitative estimate of drug-likeness (QED) is 0.805. The number of carboxylic acid groups (broad SMARTS) is 1. The predicted octanol–water partition coefficient (Wildman–Crippen LogP) is 1.84. The minimum atomic E-state index is -1.31. The molecule has 24 heavy (non-hydrogen) atoms. The first-order chi connectivity index (χ1) is 11.4. The van der Waals surface area contributed by atoms with E-state index >= 15 is 0 Å². The molecular formula is C16H12ClN2O4S-. The van der Waals surface area contributed by atoms with E-state index < -0.39 is 11.9 Å². The van der Waals surface area contributed by atoms with Crippen molar-refractivity contribution in [2.45, 2.75) is 0 Å². The Hall–Kier alpha value is -2.64. The summed E-state index contributed by atoms with van der Waals surface area (Å²) in [5.74, 6) is -1.47. The second-order valence-corrected chi connectivity index (χ2v) is 5.47. The Morgan fingerprint density at radius 1 is 1.21 bits per heavy atom. The van der Waals surface area contributed by atoms with Crippen molar-refractivity contribution in [1.82, 2.24) is 5.32 Å². The molecule has 0 aliphatic heterocycles. The third-order valence-corrected chi connectivity index (χ3v) is 3.43. The van der Waals surface area contributed by atoms with Gasteiger partial charge in [-0.3, -0.25) is 10.1 Å². The molecule has 1 amide bonds. The number of nitrogens with one attached hydrogen (secondary N) is 2. The van der Waals surface area contributed by atoms with E-state index in [4.69, 9.17) is 28.6 Å². The van der Waals surface area contributed by atoms with Gasteiger partial charge in [-0.1, -0.05) is 23.7 Å². The summed E-state index contributed by atoms with van der Waals surface area (Å²) in [6.07, 6.45) is 0. The maximum Gasteiger partial charge on any atom is 0.261 e. The molecule has 0 atom stereocenters. The zero-order valence-corrected chi connectivity index (χ0v) is 14.0. The highest BCUT2D eigenvalue weighted by molar-refractivity contribution is 7.80.